The van der Waals surface area contributed by atoms with Crippen LogP contribution >= 0.6 is 11.3 Å². The summed E-state index contributed by atoms with van der Waals surface area (Å²) in [4.78, 5) is 7.68. The first-order valence-electron chi connectivity index (χ1n) is 8.38. The summed E-state index contributed by atoms with van der Waals surface area (Å²) in [5.41, 5.74) is 8.71. The van der Waals surface area contributed by atoms with Crippen molar-refractivity contribution in [3.8, 4) is 0 Å². The monoisotopic (exact) mass is 351 g/mol. The SMILES string of the molecule is NC1(c2ncc(CO)s2)CN(C(c2ccccc2)c2ccccc2)C1. The third-order valence-corrected chi connectivity index (χ3v) is 5.90. The minimum Gasteiger partial charge on any atom is -0.391 e. The van der Waals surface area contributed by atoms with Crippen LogP contribution in [0, 0.1) is 0 Å². The lowest BCUT2D eigenvalue weighted by Gasteiger charge is -2.50. The summed E-state index contributed by atoms with van der Waals surface area (Å²) in [7, 11) is 0. The number of likely N-dealkylation sites (tertiary alicyclic amines) is 1. The highest BCUT2D eigenvalue weighted by Gasteiger charge is 2.46. The van der Waals surface area contributed by atoms with Crippen molar-refractivity contribution >= 4 is 11.3 Å². The van der Waals surface area contributed by atoms with Gasteiger partial charge >= 0.3 is 0 Å². The lowest BCUT2D eigenvalue weighted by molar-refractivity contribution is 0.0405. The Kier molecular flexibility index (Phi) is 4.39. The van der Waals surface area contributed by atoms with Gasteiger partial charge < -0.3 is 10.8 Å². The Morgan fingerprint density at radius 3 is 2.08 bits per heavy atom. The second kappa shape index (κ2) is 6.69. The molecule has 0 spiro atoms. The number of hydrogen-bond acceptors (Lipinski definition) is 5. The highest BCUT2D eigenvalue weighted by atomic mass is 32.1. The standard InChI is InChI=1S/C20H21N3OS/c21-20(19-22-11-17(12-24)25-19)13-23(14-20)18(15-7-3-1-4-8-15)16-9-5-2-6-10-16/h1-11,18,24H,12-14,21H2. The zero-order valence-corrected chi connectivity index (χ0v) is 14.7. The van der Waals surface area contributed by atoms with Gasteiger partial charge in [0.15, 0.2) is 0 Å². The van der Waals surface area contributed by atoms with Crippen LogP contribution in [0.15, 0.2) is 66.9 Å². The lowest BCUT2D eigenvalue weighted by atomic mass is 9.86. The molecule has 0 bridgehead atoms. The lowest BCUT2D eigenvalue weighted by Crippen LogP contribution is -2.65. The number of nitrogens with two attached hydrogens (primary N) is 1. The van der Waals surface area contributed by atoms with Crippen LogP contribution in [-0.4, -0.2) is 28.1 Å². The Morgan fingerprint density at radius 1 is 1.04 bits per heavy atom. The molecular weight excluding hydrogens is 330 g/mol. The Hall–Kier alpha value is -2.05. The molecule has 4 rings (SSSR count). The summed E-state index contributed by atoms with van der Waals surface area (Å²) in [6, 6.07) is 21.3. The second-order valence-corrected chi connectivity index (χ2v) is 7.69. The highest BCUT2D eigenvalue weighted by molar-refractivity contribution is 7.11. The second-order valence-electron chi connectivity index (χ2n) is 6.57. The summed E-state index contributed by atoms with van der Waals surface area (Å²) in [6.45, 7) is 1.52. The fourth-order valence-electron chi connectivity index (χ4n) is 3.49. The molecule has 5 heteroatoms. The van der Waals surface area contributed by atoms with E-state index < -0.39 is 5.54 Å². The summed E-state index contributed by atoms with van der Waals surface area (Å²) >= 11 is 1.51. The molecular formula is C20H21N3OS. The van der Waals surface area contributed by atoms with Crippen molar-refractivity contribution in [3.63, 3.8) is 0 Å². The maximum absolute atomic E-state index is 9.26. The fourth-order valence-corrected chi connectivity index (χ4v) is 4.35. The Balaban J connectivity index is 1.60. The summed E-state index contributed by atoms with van der Waals surface area (Å²) in [5.74, 6) is 0. The van der Waals surface area contributed by atoms with E-state index in [1.807, 2.05) is 12.1 Å². The number of rotatable bonds is 5. The van der Waals surface area contributed by atoms with Crippen LogP contribution in [0.3, 0.4) is 0 Å². The summed E-state index contributed by atoms with van der Waals surface area (Å²) < 4.78 is 0. The first-order valence-corrected chi connectivity index (χ1v) is 9.20. The van der Waals surface area contributed by atoms with Gasteiger partial charge in [-0.15, -0.1) is 11.3 Å². The van der Waals surface area contributed by atoms with Gasteiger partial charge in [-0.3, -0.25) is 4.90 Å². The van der Waals surface area contributed by atoms with Crippen LogP contribution in [0.4, 0.5) is 0 Å². The summed E-state index contributed by atoms with van der Waals surface area (Å²) in [6.07, 6.45) is 1.73. The maximum Gasteiger partial charge on any atom is 0.115 e. The molecule has 0 radical (unpaired) electrons. The van der Waals surface area contributed by atoms with Gasteiger partial charge in [0.2, 0.25) is 0 Å². The molecule has 1 aliphatic rings. The minimum atomic E-state index is -0.431. The highest BCUT2D eigenvalue weighted by Crippen LogP contribution is 2.40. The van der Waals surface area contributed by atoms with Crippen LogP contribution in [0.5, 0.6) is 0 Å². The van der Waals surface area contributed by atoms with E-state index in [1.165, 1.54) is 22.5 Å². The van der Waals surface area contributed by atoms with Gasteiger partial charge in [0.1, 0.15) is 5.01 Å². The average molecular weight is 351 g/mol. The Bertz CT molecular complexity index is 789. The number of aromatic nitrogens is 1. The van der Waals surface area contributed by atoms with E-state index in [4.69, 9.17) is 5.73 Å². The van der Waals surface area contributed by atoms with E-state index >= 15 is 0 Å². The van der Waals surface area contributed by atoms with E-state index in [0.29, 0.717) is 0 Å². The smallest absolute Gasteiger partial charge is 0.115 e. The molecule has 1 aliphatic heterocycles. The van der Waals surface area contributed by atoms with Crippen LogP contribution in [0.25, 0.3) is 0 Å². The molecule has 0 saturated carbocycles. The molecule has 128 valence electrons. The van der Waals surface area contributed by atoms with E-state index in [-0.39, 0.29) is 12.6 Å². The predicted octanol–water partition coefficient (Wildman–Crippen LogP) is 2.89. The van der Waals surface area contributed by atoms with Gasteiger partial charge in [-0.1, -0.05) is 60.7 Å². The van der Waals surface area contributed by atoms with Crippen molar-refractivity contribution in [2.24, 2.45) is 5.73 Å². The molecule has 2 aromatic carbocycles. The molecule has 1 aromatic heterocycles. The van der Waals surface area contributed by atoms with Crippen LogP contribution in [0.2, 0.25) is 0 Å². The molecule has 2 heterocycles. The van der Waals surface area contributed by atoms with E-state index in [2.05, 4.69) is 58.4 Å². The first-order chi connectivity index (χ1) is 12.2. The van der Waals surface area contributed by atoms with Crippen molar-refractivity contribution in [1.82, 2.24) is 9.88 Å². The number of nitrogens with zero attached hydrogens (tertiary/aromatic N) is 2. The van der Waals surface area contributed by atoms with E-state index in [9.17, 15) is 5.11 Å². The van der Waals surface area contributed by atoms with Gasteiger partial charge in [-0.05, 0) is 11.1 Å². The van der Waals surface area contributed by atoms with E-state index in [0.717, 1.165) is 23.0 Å². The minimum absolute atomic E-state index is 0.0219. The normalized spacial score (nSPS) is 16.8. The number of aliphatic hydroxyl groups excluding tert-OH is 1. The van der Waals surface area contributed by atoms with Crippen LogP contribution in [0.1, 0.15) is 27.1 Å². The maximum atomic E-state index is 9.26. The van der Waals surface area contributed by atoms with E-state index in [1.54, 1.807) is 6.20 Å². The molecule has 4 nitrogen and oxygen atoms in total. The molecule has 0 amide bonds. The van der Waals surface area contributed by atoms with Gasteiger partial charge in [0, 0.05) is 19.3 Å². The molecule has 3 aromatic rings. The third-order valence-electron chi connectivity index (χ3n) is 4.70. The number of benzene rings is 2. The van der Waals surface area contributed by atoms with Crippen molar-refractivity contribution < 1.29 is 5.11 Å². The van der Waals surface area contributed by atoms with Crippen molar-refractivity contribution in [2.75, 3.05) is 13.1 Å². The molecule has 0 atom stereocenters. The van der Waals surface area contributed by atoms with Gasteiger partial charge in [0.25, 0.3) is 0 Å². The van der Waals surface area contributed by atoms with Crippen LogP contribution in [-0.2, 0) is 12.1 Å². The zero-order valence-electron chi connectivity index (χ0n) is 13.9. The molecule has 1 fully saturated rings. The predicted molar refractivity (Wildman–Crippen MR) is 100 cm³/mol. The van der Waals surface area contributed by atoms with Crippen molar-refractivity contribution in [1.29, 1.82) is 0 Å². The molecule has 1 saturated heterocycles. The van der Waals surface area contributed by atoms with Gasteiger partial charge in [-0.25, -0.2) is 4.98 Å². The average Bonchev–Trinajstić information content (AvgIpc) is 3.12. The molecule has 0 unspecified atom stereocenters. The quantitative estimate of drug-likeness (QED) is 0.742. The summed E-state index contributed by atoms with van der Waals surface area (Å²) in [5, 5.41) is 10.2. The van der Waals surface area contributed by atoms with Gasteiger partial charge in [-0.2, -0.15) is 0 Å². The fraction of sp³-hybridized carbons (Fsp3) is 0.250. The topological polar surface area (TPSA) is 62.4 Å². The number of aliphatic hydroxyl groups is 1. The largest absolute Gasteiger partial charge is 0.391 e. The van der Waals surface area contributed by atoms with Gasteiger partial charge in [0.05, 0.1) is 23.1 Å². The van der Waals surface area contributed by atoms with Crippen molar-refractivity contribution in [3.05, 3.63) is 87.9 Å². The third kappa shape index (κ3) is 3.12. The van der Waals surface area contributed by atoms with Crippen LogP contribution < -0.4 is 5.73 Å². The number of thiazole rings is 1. The first kappa shape index (κ1) is 16.4. The Morgan fingerprint density at radius 2 is 1.60 bits per heavy atom. The molecule has 0 aliphatic carbocycles. The Labute approximate surface area is 151 Å². The molecule has 25 heavy (non-hydrogen) atoms. The van der Waals surface area contributed by atoms with Crippen molar-refractivity contribution in [2.45, 2.75) is 18.2 Å². The molecule has 3 N–H and O–H groups in total. The zero-order chi connectivity index (χ0) is 17.3. The number of hydrogen-bond donors (Lipinski definition) is 2.